The number of carbonyl (C=O) groups is 2. The van der Waals surface area contributed by atoms with Crippen LogP contribution in [-0.4, -0.2) is 37.6 Å². The van der Waals surface area contributed by atoms with Crippen molar-refractivity contribution in [2.24, 2.45) is 5.92 Å². The maximum absolute atomic E-state index is 12.9. The average molecular weight is 476 g/mol. The fraction of sp³-hybridized carbons (Fsp3) is 0.478. The van der Waals surface area contributed by atoms with Crippen molar-refractivity contribution >= 4 is 33.2 Å². The van der Waals surface area contributed by atoms with E-state index in [1.807, 2.05) is 18.2 Å². The van der Waals surface area contributed by atoms with Gasteiger partial charge in [-0.05, 0) is 67.3 Å². The Hall–Kier alpha value is -2.23. The van der Waals surface area contributed by atoms with E-state index in [4.69, 9.17) is 0 Å². The number of nitrogens with one attached hydrogen (secondary N) is 2. The first kappa shape index (κ1) is 22.9. The van der Waals surface area contributed by atoms with Crippen LogP contribution in [0.5, 0.6) is 0 Å². The van der Waals surface area contributed by atoms with Gasteiger partial charge in [0.25, 0.3) is 5.91 Å². The highest BCUT2D eigenvalue weighted by Gasteiger charge is 2.32. The zero-order chi connectivity index (χ0) is 22.9. The molecule has 0 atom stereocenters. The molecule has 0 saturated carbocycles. The van der Waals surface area contributed by atoms with E-state index >= 15 is 0 Å². The third kappa shape index (κ3) is 4.74. The Morgan fingerprint density at radius 2 is 1.75 bits per heavy atom. The van der Waals surface area contributed by atoms with Crippen molar-refractivity contribution in [3.63, 3.8) is 0 Å². The molecule has 1 aromatic heterocycles. The van der Waals surface area contributed by atoms with E-state index in [2.05, 4.69) is 24.7 Å². The van der Waals surface area contributed by atoms with Crippen molar-refractivity contribution in [2.75, 3.05) is 13.1 Å². The van der Waals surface area contributed by atoms with Crippen LogP contribution in [0.3, 0.4) is 0 Å². The second-order valence-corrected chi connectivity index (χ2v) is 11.8. The number of thiophene rings is 1. The first-order valence-corrected chi connectivity index (χ1v) is 13.3. The molecule has 1 aromatic carbocycles. The molecule has 0 radical (unpaired) electrons. The molecule has 0 unspecified atom stereocenters. The summed E-state index contributed by atoms with van der Waals surface area (Å²) in [7, 11) is -3.58. The number of amides is 2. The lowest BCUT2D eigenvalue weighted by molar-refractivity contribution is -0.126. The first-order valence-electron chi connectivity index (χ1n) is 11.1. The summed E-state index contributed by atoms with van der Waals surface area (Å²) >= 11 is 1.48. The second-order valence-electron chi connectivity index (χ2n) is 8.76. The summed E-state index contributed by atoms with van der Waals surface area (Å²) in [5.41, 5.74) is 7.35. The van der Waals surface area contributed by atoms with Crippen LogP contribution in [0.2, 0.25) is 0 Å². The lowest BCUT2D eigenvalue weighted by Gasteiger charge is -2.30. The predicted molar refractivity (Wildman–Crippen MR) is 124 cm³/mol. The monoisotopic (exact) mass is 475 g/mol. The second kappa shape index (κ2) is 9.33. The highest BCUT2D eigenvalue weighted by Crippen LogP contribution is 2.30. The minimum Gasteiger partial charge on any atom is -0.273 e. The quantitative estimate of drug-likeness (QED) is 0.649. The number of nitrogens with zero attached hydrogens (tertiary/aromatic N) is 1. The molecule has 2 N–H and O–H groups in total. The van der Waals surface area contributed by atoms with E-state index in [0.29, 0.717) is 23.6 Å². The number of hydrogen-bond donors (Lipinski definition) is 2. The number of sulfonamides is 1. The minimum atomic E-state index is -3.58. The number of hydrogen-bond acceptors (Lipinski definition) is 5. The Bertz CT molecular complexity index is 1080. The predicted octanol–water partition coefficient (Wildman–Crippen LogP) is 3.22. The largest absolute Gasteiger partial charge is 0.279 e. The smallest absolute Gasteiger partial charge is 0.273 e. The maximum atomic E-state index is 12.9. The molecular formula is C23H29N3O4S2. The van der Waals surface area contributed by atoms with E-state index in [1.165, 1.54) is 26.1 Å². The summed E-state index contributed by atoms with van der Waals surface area (Å²) in [6.07, 6.45) is 3.99. The lowest BCUT2D eigenvalue weighted by Crippen LogP contribution is -2.48. The van der Waals surface area contributed by atoms with Crippen LogP contribution >= 0.6 is 11.3 Å². The molecule has 1 aliphatic carbocycles. The van der Waals surface area contributed by atoms with Gasteiger partial charge in [-0.3, -0.25) is 20.4 Å². The Balaban J connectivity index is 1.28. The van der Waals surface area contributed by atoms with Gasteiger partial charge < -0.3 is 0 Å². The number of hydrazine groups is 1. The third-order valence-corrected chi connectivity index (χ3v) is 9.43. The van der Waals surface area contributed by atoms with Gasteiger partial charge in [0.15, 0.2) is 0 Å². The van der Waals surface area contributed by atoms with Crippen LogP contribution in [0, 0.1) is 5.92 Å². The van der Waals surface area contributed by atoms with Gasteiger partial charge in [-0.1, -0.05) is 26.0 Å². The van der Waals surface area contributed by atoms with Crippen LogP contribution in [0.4, 0.5) is 0 Å². The molecular weight excluding hydrogens is 446 g/mol. The van der Waals surface area contributed by atoms with Crippen LogP contribution in [0.25, 0.3) is 0 Å². The van der Waals surface area contributed by atoms with Gasteiger partial charge >= 0.3 is 0 Å². The van der Waals surface area contributed by atoms with Crippen molar-refractivity contribution in [3.05, 3.63) is 51.2 Å². The van der Waals surface area contributed by atoms with E-state index in [0.717, 1.165) is 24.8 Å². The molecule has 32 heavy (non-hydrogen) atoms. The van der Waals surface area contributed by atoms with Crippen molar-refractivity contribution in [1.82, 2.24) is 15.2 Å². The van der Waals surface area contributed by atoms with Crippen LogP contribution in [-0.2, 0) is 27.7 Å². The number of aryl methyl sites for hydroxylation is 2. The number of fused-ring (bicyclic) bond motifs is 1. The molecule has 4 rings (SSSR count). The van der Waals surface area contributed by atoms with Gasteiger partial charge in [0.2, 0.25) is 15.9 Å². The van der Waals surface area contributed by atoms with E-state index in [-0.39, 0.29) is 35.7 Å². The SMILES string of the molecule is CC(C)c1ccc(S(=O)(=O)N2CCC(C(=O)NNC(=O)c3cc4c(s3)CCC4)CC2)cc1. The van der Waals surface area contributed by atoms with Crippen molar-refractivity contribution in [2.45, 2.75) is 56.8 Å². The van der Waals surface area contributed by atoms with Gasteiger partial charge in [0.05, 0.1) is 9.77 Å². The first-order chi connectivity index (χ1) is 15.3. The van der Waals surface area contributed by atoms with Gasteiger partial charge in [-0.25, -0.2) is 8.42 Å². The molecule has 0 bridgehead atoms. The minimum absolute atomic E-state index is 0.276. The molecule has 2 heterocycles. The number of benzene rings is 1. The maximum Gasteiger partial charge on any atom is 0.279 e. The zero-order valence-electron chi connectivity index (χ0n) is 18.4. The Kier molecular flexibility index (Phi) is 6.69. The highest BCUT2D eigenvalue weighted by molar-refractivity contribution is 7.89. The molecule has 0 spiro atoms. The molecule has 2 aromatic rings. The summed E-state index contributed by atoms with van der Waals surface area (Å²) in [6, 6.07) is 8.91. The molecule has 9 heteroatoms. The molecule has 2 amide bonds. The molecule has 1 aliphatic heterocycles. The molecule has 7 nitrogen and oxygen atoms in total. The Morgan fingerprint density at radius 1 is 1.06 bits per heavy atom. The van der Waals surface area contributed by atoms with Gasteiger partial charge in [0.1, 0.15) is 0 Å². The summed E-state index contributed by atoms with van der Waals surface area (Å²) in [6.45, 7) is 4.68. The zero-order valence-corrected chi connectivity index (χ0v) is 20.0. The van der Waals surface area contributed by atoms with Crippen molar-refractivity contribution < 1.29 is 18.0 Å². The Labute approximate surface area is 193 Å². The molecule has 1 saturated heterocycles. The summed E-state index contributed by atoms with van der Waals surface area (Å²) < 4.78 is 27.3. The van der Waals surface area contributed by atoms with Gasteiger partial charge in [-0.2, -0.15) is 4.31 Å². The summed E-state index contributed by atoms with van der Waals surface area (Å²) in [5, 5.41) is 0. The molecule has 1 fully saturated rings. The van der Waals surface area contributed by atoms with E-state index in [9.17, 15) is 18.0 Å². The number of piperidine rings is 1. The van der Waals surface area contributed by atoms with Gasteiger partial charge in [0, 0.05) is 23.9 Å². The Morgan fingerprint density at radius 3 is 2.38 bits per heavy atom. The van der Waals surface area contributed by atoms with Crippen LogP contribution < -0.4 is 10.9 Å². The fourth-order valence-electron chi connectivity index (χ4n) is 4.26. The molecule has 2 aliphatic rings. The fourth-order valence-corrected chi connectivity index (χ4v) is 6.87. The highest BCUT2D eigenvalue weighted by atomic mass is 32.2. The summed E-state index contributed by atoms with van der Waals surface area (Å²) in [4.78, 5) is 27.0. The summed E-state index contributed by atoms with van der Waals surface area (Å²) in [5.74, 6) is -0.580. The topological polar surface area (TPSA) is 95.6 Å². The standard InChI is InChI=1S/C23H29N3O4S2/c1-15(2)16-6-8-19(9-7-16)32(29,30)26-12-10-17(11-13-26)22(27)24-25-23(28)21-14-18-4-3-5-20(18)31-21/h6-9,14-15,17H,3-5,10-13H2,1-2H3,(H,24,27)(H,25,28). The average Bonchev–Trinajstić information content (AvgIpc) is 3.40. The van der Waals surface area contributed by atoms with Gasteiger partial charge in [-0.15, -0.1) is 11.3 Å². The van der Waals surface area contributed by atoms with Crippen molar-refractivity contribution in [1.29, 1.82) is 0 Å². The number of carbonyl (C=O) groups excluding carboxylic acids is 2. The third-order valence-electron chi connectivity index (χ3n) is 6.28. The van der Waals surface area contributed by atoms with E-state index in [1.54, 1.807) is 12.1 Å². The van der Waals surface area contributed by atoms with E-state index < -0.39 is 10.0 Å². The normalized spacial score (nSPS) is 17.3. The molecule has 172 valence electrons. The van der Waals surface area contributed by atoms with Crippen LogP contribution in [0.15, 0.2) is 35.2 Å². The lowest BCUT2D eigenvalue weighted by atomic mass is 9.98. The van der Waals surface area contributed by atoms with Crippen molar-refractivity contribution in [3.8, 4) is 0 Å². The van der Waals surface area contributed by atoms with Crippen LogP contribution in [0.1, 0.15) is 64.7 Å². The number of rotatable bonds is 5.